The molecule has 0 radical (unpaired) electrons. The minimum atomic E-state index is -0.808. The highest BCUT2D eigenvalue weighted by Gasteiger charge is 2.39. The van der Waals surface area contributed by atoms with E-state index in [4.69, 9.17) is 24.7 Å². The zero-order valence-electron chi connectivity index (χ0n) is 17.7. The standard InChI is InChI=1S/C24H24N2O5/c1-4-29-19-9-7-6-8-17(19)20-18(14-25)23(26)31-22(21(20)24(27)30-5-2)15-10-12-16(28-3)13-11-15/h6-13,20H,4-5,26H2,1-3H3. The van der Waals surface area contributed by atoms with Gasteiger partial charge in [-0.3, -0.25) is 0 Å². The van der Waals surface area contributed by atoms with Gasteiger partial charge in [-0.25, -0.2) is 4.79 Å². The van der Waals surface area contributed by atoms with Crippen molar-refractivity contribution in [1.29, 1.82) is 5.26 Å². The minimum Gasteiger partial charge on any atom is -0.497 e. The fourth-order valence-corrected chi connectivity index (χ4v) is 3.45. The van der Waals surface area contributed by atoms with E-state index < -0.39 is 11.9 Å². The number of nitriles is 1. The Morgan fingerprint density at radius 3 is 2.45 bits per heavy atom. The van der Waals surface area contributed by atoms with Crippen molar-refractivity contribution in [3.8, 4) is 17.6 Å². The maximum atomic E-state index is 13.1. The molecule has 1 aliphatic rings. The van der Waals surface area contributed by atoms with Crippen LogP contribution in [0.3, 0.4) is 0 Å². The molecule has 1 aliphatic heterocycles. The fraction of sp³-hybridized carbons (Fsp3) is 0.250. The fourth-order valence-electron chi connectivity index (χ4n) is 3.45. The van der Waals surface area contributed by atoms with Crippen molar-refractivity contribution in [3.63, 3.8) is 0 Å². The van der Waals surface area contributed by atoms with E-state index in [1.54, 1.807) is 50.4 Å². The Bertz CT molecular complexity index is 1060. The first-order valence-corrected chi connectivity index (χ1v) is 9.90. The molecule has 0 amide bonds. The van der Waals surface area contributed by atoms with Crippen molar-refractivity contribution in [2.75, 3.05) is 20.3 Å². The number of allylic oxidation sites excluding steroid dienone is 1. The molecule has 1 unspecified atom stereocenters. The second-order valence-electron chi connectivity index (χ2n) is 6.59. The van der Waals surface area contributed by atoms with E-state index in [9.17, 15) is 10.1 Å². The SMILES string of the molecule is CCOC(=O)C1=C(c2ccc(OC)cc2)OC(N)=C(C#N)C1c1ccccc1OCC. The molecule has 1 atom stereocenters. The van der Waals surface area contributed by atoms with Crippen molar-refractivity contribution in [2.45, 2.75) is 19.8 Å². The van der Waals surface area contributed by atoms with Gasteiger partial charge in [0, 0.05) is 11.1 Å². The number of nitrogens with zero attached hydrogens (tertiary/aromatic N) is 1. The molecule has 2 aromatic rings. The van der Waals surface area contributed by atoms with Crippen LogP contribution in [0.25, 0.3) is 5.76 Å². The van der Waals surface area contributed by atoms with Gasteiger partial charge >= 0.3 is 5.97 Å². The third-order valence-electron chi connectivity index (χ3n) is 4.80. The topological polar surface area (TPSA) is 104 Å². The molecule has 0 fully saturated rings. The van der Waals surface area contributed by atoms with Crippen molar-refractivity contribution in [2.24, 2.45) is 5.73 Å². The molecular formula is C24H24N2O5. The maximum absolute atomic E-state index is 13.1. The summed E-state index contributed by atoms with van der Waals surface area (Å²) in [6.45, 7) is 4.17. The molecule has 7 heteroatoms. The Hall–Kier alpha value is -3.92. The van der Waals surface area contributed by atoms with Crippen molar-refractivity contribution in [3.05, 3.63) is 76.7 Å². The highest BCUT2D eigenvalue weighted by Crippen LogP contribution is 2.45. The molecule has 2 N–H and O–H groups in total. The van der Waals surface area contributed by atoms with Crippen LogP contribution in [-0.2, 0) is 14.3 Å². The summed E-state index contributed by atoms with van der Waals surface area (Å²) < 4.78 is 22.1. The average molecular weight is 420 g/mol. The average Bonchev–Trinajstić information content (AvgIpc) is 2.79. The maximum Gasteiger partial charge on any atom is 0.338 e. The number of carbonyl (C=O) groups is 1. The smallest absolute Gasteiger partial charge is 0.338 e. The van der Waals surface area contributed by atoms with E-state index in [-0.39, 0.29) is 29.4 Å². The van der Waals surface area contributed by atoms with E-state index in [1.807, 2.05) is 19.1 Å². The minimum absolute atomic E-state index is 0.0716. The van der Waals surface area contributed by atoms with E-state index in [2.05, 4.69) is 6.07 Å². The first-order chi connectivity index (χ1) is 15.0. The molecule has 31 heavy (non-hydrogen) atoms. The Morgan fingerprint density at radius 2 is 1.84 bits per heavy atom. The van der Waals surface area contributed by atoms with Gasteiger partial charge < -0.3 is 24.7 Å². The quantitative estimate of drug-likeness (QED) is 0.678. The highest BCUT2D eigenvalue weighted by molar-refractivity contribution is 6.00. The van der Waals surface area contributed by atoms with Crippen molar-refractivity contribution in [1.82, 2.24) is 0 Å². The van der Waals surface area contributed by atoms with Gasteiger partial charge in [0.2, 0.25) is 5.88 Å². The molecule has 0 saturated heterocycles. The third kappa shape index (κ3) is 4.33. The molecule has 0 aliphatic carbocycles. The summed E-state index contributed by atoms with van der Waals surface area (Å²) in [5.41, 5.74) is 7.67. The number of hydrogen-bond acceptors (Lipinski definition) is 7. The number of para-hydroxylation sites is 1. The lowest BCUT2D eigenvalue weighted by molar-refractivity contribution is -0.138. The summed E-state index contributed by atoms with van der Waals surface area (Å²) in [6.07, 6.45) is 0. The zero-order chi connectivity index (χ0) is 22.4. The monoisotopic (exact) mass is 420 g/mol. The summed E-state index contributed by atoms with van der Waals surface area (Å²) in [5.74, 6) is -0.0419. The van der Waals surface area contributed by atoms with Gasteiger partial charge in [0.25, 0.3) is 0 Å². The summed E-state index contributed by atoms with van der Waals surface area (Å²) in [7, 11) is 1.57. The van der Waals surface area contributed by atoms with Crippen LogP contribution in [0.2, 0.25) is 0 Å². The van der Waals surface area contributed by atoms with E-state index in [1.165, 1.54) is 0 Å². The second-order valence-corrected chi connectivity index (χ2v) is 6.59. The van der Waals surface area contributed by atoms with Gasteiger partial charge in [0.15, 0.2) is 0 Å². The second kappa shape index (κ2) is 9.72. The van der Waals surface area contributed by atoms with Gasteiger partial charge in [-0.05, 0) is 44.2 Å². The number of carbonyl (C=O) groups excluding carboxylic acids is 1. The molecular weight excluding hydrogens is 396 g/mol. The van der Waals surface area contributed by atoms with Crippen LogP contribution in [-0.4, -0.2) is 26.3 Å². The van der Waals surface area contributed by atoms with Crippen LogP contribution >= 0.6 is 0 Å². The molecule has 7 nitrogen and oxygen atoms in total. The number of ether oxygens (including phenoxy) is 4. The largest absolute Gasteiger partial charge is 0.497 e. The lowest BCUT2D eigenvalue weighted by atomic mass is 9.81. The number of methoxy groups -OCH3 is 1. The van der Waals surface area contributed by atoms with Gasteiger partial charge in [-0.2, -0.15) is 5.26 Å². The molecule has 0 spiro atoms. The first-order valence-electron chi connectivity index (χ1n) is 9.90. The number of rotatable bonds is 7. The number of esters is 1. The predicted octanol–water partition coefficient (Wildman–Crippen LogP) is 3.88. The lowest BCUT2D eigenvalue weighted by Gasteiger charge is -2.29. The number of nitrogens with two attached hydrogens (primary N) is 1. The summed E-state index contributed by atoms with van der Waals surface area (Å²) in [4.78, 5) is 13.1. The van der Waals surface area contributed by atoms with Crippen LogP contribution in [0.5, 0.6) is 11.5 Å². The van der Waals surface area contributed by atoms with E-state index >= 15 is 0 Å². The van der Waals surface area contributed by atoms with Crippen molar-refractivity contribution >= 4 is 11.7 Å². The zero-order valence-corrected chi connectivity index (χ0v) is 17.7. The Balaban J connectivity index is 2.29. The molecule has 0 bridgehead atoms. The summed E-state index contributed by atoms with van der Waals surface area (Å²) >= 11 is 0. The molecule has 1 heterocycles. The Labute approximate surface area is 181 Å². The first kappa shape index (κ1) is 21.8. The van der Waals surface area contributed by atoms with Gasteiger partial charge in [0.05, 0.1) is 31.8 Å². The lowest BCUT2D eigenvalue weighted by Crippen LogP contribution is -2.26. The molecule has 0 aromatic heterocycles. The summed E-state index contributed by atoms with van der Waals surface area (Å²) in [5, 5.41) is 9.87. The normalized spacial score (nSPS) is 15.7. The molecule has 0 saturated carbocycles. The molecule has 2 aromatic carbocycles. The van der Waals surface area contributed by atoms with Crippen LogP contribution in [0, 0.1) is 11.3 Å². The van der Waals surface area contributed by atoms with E-state index in [0.29, 0.717) is 29.2 Å². The van der Waals surface area contributed by atoms with Gasteiger partial charge in [-0.1, -0.05) is 18.2 Å². The Kier molecular flexibility index (Phi) is 6.83. The Morgan fingerprint density at radius 1 is 1.13 bits per heavy atom. The van der Waals surface area contributed by atoms with E-state index in [0.717, 1.165) is 0 Å². The predicted molar refractivity (Wildman–Crippen MR) is 115 cm³/mol. The number of hydrogen-bond donors (Lipinski definition) is 1. The van der Waals surface area contributed by atoms with Crippen LogP contribution in [0.15, 0.2) is 65.6 Å². The van der Waals surface area contributed by atoms with Gasteiger partial charge in [0.1, 0.15) is 28.9 Å². The molecule has 3 rings (SSSR count). The summed E-state index contributed by atoms with van der Waals surface area (Å²) in [6, 6.07) is 16.3. The van der Waals surface area contributed by atoms with Gasteiger partial charge in [-0.15, -0.1) is 0 Å². The van der Waals surface area contributed by atoms with Crippen LogP contribution in [0.1, 0.15) is 30.9 Å². The van der Waals surface area contributed by atoms with Crippen molar-refractivity contribution < 1.29 is 23.7 Å². The van der Waals surface area contributed by atoms with Crippen LogP contribution in [0.4, 0.5) is 0 Å². The molecule has 160 valence electrons. The number of benzene rings is 2. The van der Waals surface area contributed by atoms with Crippen LogP contribution < -0.4 is 15.2 Å². The highest BCUT2D eigenvalue weighted by atomic mass is 16.5. The third-order valence-corrected chi connectivity index (χ3v) is 4.80.